The molecular formula is C29H22N4O2. The van der Waals surface area contributed by atoms with Crippen LogP contribution in [0.5, 0.6) is 0 Å². The molecule has 6 heteroatoms. The fourth-order valence-electron chi connectivity index (χ4n) is 4.49. The van der Waals surface area contributed by atoms with Gasteiger partial charge in [0.1, 0.15) is 11.4 Å². The molecule has 0 aliphatic heterocycles. The molecule has 6 aromatic rings. The van der Waals surface area contributed by atoms with Crippen molar-refractivity contribution in [1.29, 1.82) is 0 Å². The van der Waals surface area contributed by atoms with Crippen LogP contribution in [0.2, 0.25) is 0 Å². The van der Waals surface area contributed by atoms with Crippen LogP contribution < -0.4 is 5.32 Å². The van der Waals surface area contributed by atoms with Crippen LogP contribution in [0.4, 0.5) is 0 Å². The molecule has 3 aromatic heterocycles. The van der Waals surface area contributed by atoms with Gasteiger partial charge in [-0.3, -0.25) is 9.59 Å². The van der Waals surface area contributed by atoms with Crippen LogP contribution in [0, 0.1) is 6.92 Å². The minimum Gasteiger partial charge on any atom is -0.360 e. The summed E-state index contributed by atoms with van der Waals surface area (Å²) in [6, 6.07) is 25.2. The molecule has 0 saturated carbocycles. The number of carbonyl (C=O) groups excluding carboxylic acids is 2. The molecule has 3 heterocycles. The van der Waals surface area contributed by atoms with Crippen molar-refractivity contribution in [1.82, 2.24) is 20.3 Å². The number of hydrogen-bond donors (Lipinski definition) is 3. The summed E-state index contributed by atoms with van der Waals surface area (Å²) in [5, 5.41) is 5.49. The maximum atomic E-state index is 13.8. The highest BCUT2D eigenvalue weighted by Gasteiger charge is 2.23. The molecule has 0 aliphatic carbocycles. The van der Waals surface area contributed by atoms with Gasteiger partial charge < -0.3 is 15.3 Å². The predicted octanol–water partition coefficient (Wildman–Crippen LogP) is 5.67. The van der Waals surface area contributed by atoms with Crippen LogP contribution >= 0.6 is 0 Å². The number of para-hydroxylation sites is 2. The van der Waals surface area contributed by atoms with Crippen molar-refractivity contribution in [3.63, 3.8) is 0 Å². The lowest BCUT2D eigenvalue weighted by Gasteiger charge is -2.08. The molecule has 6 nitrogen and oxygen atoms in total. The van der Waals surface area contributed by atoms with Gasteiger partial charge in [0.25, 0.3) is 5.91 Å². The second-order valence-corrected chi connectivity index (χ2v) is 8.69. The Balaban J connectivity index is 1.46. The number of aromatic amines is 2. The third-order valence-corrected chi connectivity index (χ3v) is 6.35. The van der Waals surface area contributed by atoms with Gasteiger partial charge >= 0.3 is 0 Å². The predicted molar refractivity (Wildman–Crippen MR) is 138 cm³/mol. The van der Waals surface area contributed by atoms with E-state index in [1.165, 1.54) is 0 Å². The molecule has 1 amide bonds. The lowest BCUT2D eigenvalue weighted by molar-refractivity contribution is 0.0946. The van der Waals surface area contributed by atoms with Crippen LogP contribution in [0.25, 0.3) is 32.7 Å². The second kappa shape index (κ2) is 8.25. The van der Waals surface area contributed by atoms with Crippen molar-refractivity contribution >= 4 is 44.4 Å². The number of aromatic nitrogens is 3. The molecule has 0 aliphatic rings. The quantitative estimate of drug-likeness (QED) is 0.291. The van der Waals surface area contributed by atoms with Gasteiger partial charge in [0.05, 0.1) is 5.52 Å². The molecule has 6 rings (SSSR count). The zero-order chi connectivity index (χ0) is 23.9. The molecule has 0 saturated heterocycles. The summed E-state index contributed by atoms with van der Waals surface area (Å²) in [4.78, 5) is 38.0. The fraction of sp³-hybridized carbons (Fsp3) is 0.0690. The average Bonchev–Trinajstić information content (AvgIpc) is 3.49. The highest BCUT2D eigenvalue weighted by atomic mass is 16.2. The summed E-state index contributed by atoms with van der Waals surface area (Å²) in [7, 11) is 0. The number of ketones is 1. The first-order valence-corrected chi connectivity index (χ1v) is 11.4. The first-order chi connectivity index (χ1) is 17.1. The van der Waals surface area contributed by atoms with E-state index in [-0.39, 0.29) is 23.1 Å². The SMILES string of the molecule is Cc1ccc(CNC(=O)c2cc3c([nH]c4ccccc43)c(C(=O)c3c[nH]c4ccccc34)n2)cc1. The van der Waals surface area contributed by atoms with E-state index in [1.807, 2.05) is 79.7 Å². The van der Waals surface area contributed by atoms with Gasteiger partial charge in [0, 0.05) is 45.5 Å². The maximum absolute atomic E-state index is 13.8. The number of aryl methyl sites for hydroxylation is 1. The summed E-state index contributed by atoms with van der Waals surface area (Å²) in [5.74, 6) is -0.571. The summed E-state index contributed by atoms with van der Waals surface area (Å²) in [6.45, 7) is 2.40. The van der Waals surface area contributed by atoms with Crippen molar-refractivity contribution in [3.8, 4) is 0 Å². The number of pyridine rings is 1. The Bertz CT molecular complexity index is 1740. The van der Waals surface area contributed by atoms with Crippen molar-refractivity contribution in [3.05, 3.63) is 113 Å². The van der Waals surface area contributed by atoms with Gasteiger partial charge in [-0.15, -0.1) is 0 Å². The van der Waals surface area contributed by atoms with E-state index in [4.69, 9.17) is 0 Å². The summed E-state index contributed by atoms with van der Waals surface area (Å²) < 4.78 is 0. The van der Waals surface area contributed by atoms with Gasteiger partial charge in [0.15, 0.2) is 0 Å². The molecular weight excluding hydrogens is 436 g/mol. The number of H-pyrrole nitrogens is 2. The summed E-state index contributed by atoms with van der Waals surface area (Å²) in [5.41, 5.74) is 5.48. The van der Waals surface area contributed by atoms with Crippen LogP contribution in [0.3, 0.4) is 0 Å². The van der Waals surface area contributed by atoms with E-state index in [2.05, 4.69) is 20.3 Å². The van der Waals surface area contributed by atoms with E-state index in [0.717, 1.165) is 38.3 Å². The lowest BCUT2D eigenvalue weighted by Crippen LogP contribution is -2.24. The standard InChI is InChI=1S/C29H22N4O2/c1-17-10-12-18(13-11-17)15-31-29(35)25-14-21-19-6-3-5-9-24(19)32-26(21)27(33-25)28(34)22-16-30-23-8-4-2-7-20(22)23/h2-14,16,30,32H,15H2,1H3,(H,31,35). The minimum atomic E-state index is -0.328. The number of amides is 1. The highest BCUT2D eigenvalue weighted by Crippen LogP contribution is 2.30. The summed E-state index contributed by atoms with van der Waals surface area (Å²) in [6.07, 6.45) is 1.70. The van der Waals surface area contributed by atoms with Crippen LogP contribution in [-0.4, -0.2) is 26.6 Å². The van der Waals surface area contributed by atoms with E-state index in [1.54, 1.807) is 12.3 Å². The number of rotatable bonds is 5. The van der Waals surface area contributed by atoms with Crippen molar-refractivity contribution in [2.45, 2.75) is 13.5 Å². The average molecular weight is 459 g/mol. The van der Waals surface area contributed by atoms with Gasteiger partial charge in [0.2, 0.25) is 5.78 Å². The van der Waals surface area contributed by atoms with E-state index in [0.29, 0.717) is 17.6 Å². The van der Waals surface area contributed by atoms with Gasteiger partial charge in [-0.05, 0) is 30.7 Å². The zero-order valence-electron chi connectivity index (χ0n) is 19.1. The Labute approximate surface area is 201 Å². The zero-order valence-corrected chi connectivity index (χ0v) is 19.1. The Morgan fingerprint density at radius 1 is 0.857 bits per heavy atom. The van der Waals surface area contributed by atoms with Crippen LogP contribution in [0.1, 0.15) is 37.7 Å². The largest absolute Gasteiger partial charge is 0.360 e. The normalized spacial score (nSPS) is 11.3. The van der Waals surface area contributed by atoms with E-state index >= 15 is 0 Å². The number of benzene rings is 3. The van der Waals surface area contributed by atoms with Crippen molar-refractivity contribution in [2.24, 2.45) is 0 Å². The fourth-order valence-corrected chi connectivity index (χ4v) is 4.49. The Morgan fingerprint density at radius 2 is 1.57 bits per heavy atom. The molecule has 0 unspecified atom stereocenters. The van der Waals surface area contributed by atoms with E-state index in [9.17, 15) is 9.59 Å². The third kappa shape index (κ3) is 3.65. The summed E-state index contributed by atoms with van der Waals surface area (Å²) >= 11 is 0. The minimum absolute atomic E-state index is 0.206. The smallest absolute Gasteiger partial charge is 0.270 e. The monoisotopic (exact) mass is 458 g/mol. The van der Waals surface area contributed by atoms with Crippen LogP contribution in [-0.2, 0) is 6.54 Å². The van der Waals surface area contributed by atoms with E-state index < -0.39 is 0 Å². The first kappa shape index (κ1) is 20.9. The second-order valence-electron chi connectivity index (χ2n) is 8.69. The number of hydrogen-bond acceptors (Lipinski definition) is 3. The molecule has 170 valence electrons. The highest BCUT2D eigenvalue weighted by molar-refractivity contribution is 6.23. The lowest BCUT2D eigenvalue weighted by atomic mass is 10.0. The molecule has 35 heavy (non-hydrogen) atoms. The first-order valence-electron chi connectivity index (χ1n) is 11.4. The third-order valence-electron chi connectivity index (χ3n) is 6.35. The van der Waals surface area contributed by atoms with Gasteiger partial charge in [-0.2, -0.15) is 0 Å². The molecule has 0 atom stereocenters. The van der Waals surface area contributed by atoms with Gasteiger partial charge in [-0.1, -0.05) is 66.2 Å². The molecule has 0 spiro atoms. The number of fused-ring (bicyclic) bond motifs is 4. The van der Waals surface area contributed by atoms with Gasteiger partial charge in [-0.25, -0.2) is 4.98 Å². The van der Waals surface area contributed by atoms with Crippen LogP contribution in [0.15, 0.2) is 85.1 Å². The topological polar surface area (TPSA) is 90.6 Å². The molecule has 3 aromatic carbocycles. The van der Waals surface area contributed by atoms with Crippen molar-refractivity contribution < 1.29 is 9.59 Å². The number of nitrogens with zero attached hydrogens (tertiary/aromatic N) is 1. The molecule has 0 fully saturated rings. The maximum Gasteiger partial charge on any atom is 0.270 e. The Morgan fingerprint density at radius 3 is 2.37 bits per heavy atom. The van der Waals surface area contributed by atoms with Crippen molar-refractivity contribution in [2.75, 3.05) is 0 Å². The molecule has 0 radical (unpaired) electrons. The molecule has 3 N–H and O–H groups in total. The Hall–Kier alpha value is -4.71. The molecule has 0 bridgehead atoms. The Kier molecular flexibility index (Phi) is 4.92. The number of carbonyl (C=O) groups is 2. The number of nitrogens with one attached hydrogen (secondary N) is 3.